The van der Waals surface area contributed by atoms with E-state index in [-0.39, 0.29) is 11.3 Å². The van der Waals surface area contributed by atoms with Gasteiger partial charge in [0.1, 0.15) is 0 Å². The highest BCUT2D eigenvalue weighted by Gasteiger charge is 2.20. The van der Waals surface area contributed by atoms with Crippen molar-refractivity contribution in [3.63, 3.8) is 0 Å². The van der Waals surface area contributed by atoms with E-state index >= 15 is 0 Å². The molecule has 0 heterocycles. The van der Waals surface area contributed by atoms with Crippen molar-refractivity contribution >= 4 is 23.4 Å². The van der Waals surface area contributed by atoms with Gasteiger partial charge in [-0.15, -0.1) is 11.8 Å². The van der Waals surface area contributed by atoms with Gasteiger partial charge in [0.25, 0.3) is 0 Å². The molecule has 0 aliphatic heterocycles. The van der Waals surface area contributed by atoms with Crippen LogP contribution in [0.4, 0.5) is 5.69 Å². The molecule has 0 bridgehead atoms. The zero-order valence-corrected chi connectivity index (χ0v) is 10.4. The molecule has 0 spiro atoms. The first-order valence-electron chi connectivity index (χ1n) is 4.89. The molecule has 0 fully saturated rings. The molecule has 0 saturated heterocycles. The molecule has 1 rings (SSSR count). The van der Waals surface area contributed by atoms with Gasteiger partial charge in [-0.3, -0.25) is 4.79 Å². The topological polar surface area (TPSA) is 29.1 Å². The molecule has 2 nitrogen and oxygen atoms in total. The summed E-state index contributed by atoms with van der Waals surface area (Å²) in [4.78, 5) is 12.9. The van der Waals surface area contributed by atoms with Crippen LogP contribution in [0.2, 0.25) is 0 Å². The average molecular weight is 223 g/mol. The summed E-state index contributed by atoms with van der Waals surface area (Å²) in [5.41, 5.74) is 0.505. The lowest BCUT2D eigenvalue weighted by atomic mass is 9.95. The minimum absolute atomic E-state index is 0.0411. The van der Waals surface area contributed by atoms with E-state index in [0.29, 0.717) is 0 Å². The number of carbonyl (C=O) groups is 1. The van der Waals surface area contributed by atoms with Gasteiger partial charge >= 0.3 is 0 Å². The Labute approximate surface area is 95.5 Å². The summed E-state index contributed by atoms with van der Waals surface area (Å²) >= 11 is 1.69. The predicted octanol–water partition coefficient (Wildman–Crippen LogP) is 3.39. The maximum atomic E-state index is 11.7. The van der Waals surface area contributed by atoms with Crippen LogP contribution in [0.15, 0.2) is 29.2 Å². The lowest BCUT2D eigenvalue weighted by Crippen LogP contribution is -2.27. The Hall–Kier alpha value is -0.960. The molecule has 1 aromatic rings. The number of rotatable bonds is 2. The standard InChI is InChI=1S/C12H17NOS/c1-12(2,3)11(14)13-9-5-7-10(15-4)8-6-9/h5-8H,1-4H3,(H,13,14). The van der Waals surface area contributed by atoms with Gasteiger partial charge in [0.05, 0.1) is 0 Å². The third-order valence-corrected chi connectivity index (χ3v) is 2.77. The van der Waals surface area contributed by atoms with E-state index < -0.39 is 0 Å². The second-order valence-corrected chi connectivity index (χ2v) is 5.31. The van der Waals surface area contributed by atoms with Crippen molar-refractivity contribution in [3.8, 4) is 0 Å². The number of carbonyl (C=O) groups excluding carboxylic acids is 1. The predicted molar refractivity (Wildman–Crippen MR) is 66.3 cm³/mol. The fraction of sp³-hybridized carbons (Fsp3) is 0.417. The van der Waals surface area contributed by atoms with Crippen LogP contribution < -0.4 is 5.32 Å². The van der Waals surface area contributed by atoms with Crippen LogP contribution in [0.1, 0.15) is 20.8 Å². The highest BCUT2D eigenvalue weighted by Crippen LogP contribution is 2.20. The van der Waals surface area contributed by atoms with Gasteiger partial charge in [-0.2, -0.15) is 0 Å². The van der Waals surface area contributed by atoms with E-state index in [1.54, 1.807) is 11.8 Å². The summed E-state index contributed by atoms with van der Waals surface area (Å²) in [5.74, 6) is 0.0411. The Morgan fingerprint density at radius 2 is 1.73 bits per heavy atom. The summed E-state index contributed by atoms with van der Waals surface area (Å²) < 4.78 is 0. The molecular weight excluding hydrogens is 206 g/mol. The van der Waals surface area contributed by atoms with E-state index in [4.69, 9.17) is 0 Å². The van der Waals surface area contributed by atoms with Crippen molar-refractivity contribution in [3.05, 3.63) is 24.3 Å². The van der Waals surface area contributed by atoms with Gasteiger partial charge in [0.15, 0.2) is 0 Å². The minimum Gasteiger partial charge on any atom is -0.326 e. The van der Waals surface area contributed by atoms with Crippen LogP contribution in [-0.4, -0.2) is 12.2 Å². The second-order valence-electron chi connectivity index (χ2n) is 4.43. The van der Waals surface area contributed by atoms with E-state index in [1.807, 2.05) is 51.3 Å². The van der Waals surface area contributed by atoms with Gasteiger partial charge in [-0.05, 0) is 30.5 Å². The molecule has 0 aliphatic carbocycles. The molecule has 82 valence electrons. The van der Waals surface area contributed by atoms with E-state index in [0.717, 1.165) is 5.69 Å². The number of anilines is 1. The van der Waals surface area contributed by atoms with Crippen molar-refractivity contribution in [2.24, 2.45) is 5.41 Å². The molecule has 0 unspecified atom stereocenters. The minimum atomic E-state index is -0.349. The summed E-state index contributed by atoms with van der Waals surface area (Å²) in [6.07, 6.45) is 2.03. The molecule has 1 N–H and O–H groups in total. The largest absolute Gasteiger partial charge is 0.326 e. The normalized spacial score (nSPS) is 11.2. The maximum Gasteiger partial charge on any atom is 0.229 e. The summed E-state index contributed by atoms with van der Waals surface area (Å²) in [6.45, 7) is 5.70. The van der Waals surface area contributed by atoms with Crippen LogP contribution in [0.25, 0.3) is 0 Å². The lowest BCUT2D eigenvalue weighted by molar-refractivity contribution is -0.123. The molecule has 1 aromatic carbocycles. The Bertz CT molecular complexity index is 338. The van der Waals surface area contributed by atoms with Gasteiger partial charge in [-0.25, -0.2) is 0 Å². The SMILES string of the molecule is CSc1ccc(NC(=O)C(C)(C)C)cc1. The first-order chi connectivity index (χ1) is 6.93. The van der Waals surface area contributed by atoms with Crippen LogP contribution in [0.3, 0.4) is 0 Å². The number of amides is 1. The van der Waals surface area contributed by atoms with Crippen LogP contribution >= 0.6 is 11.8 Å². The van der Waals surface area contributed by atoms with Crippen molar-refractivity contribution in [2.75, 3.05) is 11.6 Å². The van der Waals surface area contributed by atoms with Gasteiger partial charge < -0.3 is 5.32 Å². The molecule has 0 saturated carbocycles. The molecular formula is C12H17NOS. The number of hydrogen-bond acceptors (Lipinski definition) is 2. The van der Waals surface area contributed by atoms with Gasteiger partial charge in [-0.1, -0.05) is 20.8 Å². The average Bonchev–Trinajstić information content (AvgIpc) is 2.17. The third-order valence-electron chi connectivity index (χ3n) is 2.03. The molecule has 3 heteroatoms. The zero-order valence-electron chi connectivity index (χ0n) is 9.63. The summed E-state index contributed by atoms with van der Waals surface area (Å²) in [5, 5.41) is 2.88. The quantitative estimate of drug-likeness (QED) is 0.779. The first kappa shape index (κ1) is 12.1. The van der Waals surface area contributed by atoms with Crippen LogP contribution in [-0.2, 0) is 4.79 Å². The monoisotopic (exact) mass is 223 g/mol. The number of hydrogen-bond donors (Lipinski definition) is 1. The lowest BCUT2D eigenvalue weighted by Gasteiger charge is -2.17. The Morgan fingerprint density at radius 1 is 1.20 bits per heavy atom. The molecule has 0 atom stereocenters. The van der Waals surface area contributed by atoms with Crippen molar-refractivity contribution in [1.29, 1.82) is 0 Å². The first-order valence-corrected chi connectivity index (χ1v) is 6.11. The number of nitrogens with one attached hydrogen (secondary N) is 1. The number of thioether (sulfide) groups is 1. The Kier molecular flexibility index (Phi) is 3.80. The molecule has 1 amide bonds. The number of benzene rings is 1. The molecule has 0 radical (unpaired) electrons. The second kappa shape index (κ2) is 4.71. The highest BCUT2D eigenvalue weighted by molar-refractivity contribution is 7.98. The van der Waals surface area contributed by atoms with Crippen molar-refractivity contribution < 1.29 is 4.79 Å². The smallest absolute Gasteiger partial charge is 0.229 e. The van der Waals surface area contributed by atoms with Gasteiger partial charge in [0.2, 0.25) is 5.91 Å². The highest BCUT2D eigenvalue weighted by atomic mass is 32.2. The van der Waals surface area contributed by atoms with E-state index in [1.165, 1.54) is 4.90 Å². The molecule has 0 aliphatic rings. The Balaban J connectivity index is 2.70. The maximum absolute atomic E-state index is 11.7. The molecule has 0 aromatic heterocycles. The van der Waals surface area contributed by atoms with Crippen LogP contribution in [0.5, 0.6) is 0 Å². The van der Waals surface area contributed by atoms with Crippen molar-refractivity contribution in [1.82, 2.24) is 0 Å². The van der Waals surface area contributed by atoms with E-state index in [9.17, 15) is 4.79 Å². The third kappa shape index (κ3) is 3.59. The Morgan fingerprint density at radius 3 is 2.13 bits per heavy atom. The van der Waals surface area contributed by atoms with Crippen molar-refractivity contribution in [2.45, 2.75) is 25.7 Å². The summed E-state index contributed by atoms with van der Waals surface area (Å²) in [6, 6.07) is 7.86. The molecule has 15 heavy (non-hydrogen) atoms. The van der Waals surface area contributed by atoms with Gasteiger partial charge in [0, 0.05) is 16.0 Å². The zero-order chi connectivity index (χ0) is 11.5. The summed E-state index contributed by atoms with van der Waals surface area (Å²) in [7, 11) is 0. The van der Waals surface area contributed by atoms with E-state index in [2.05, 4.69) is 5.32 Å². The fourth-order valence-corrected chi connectivity index (χ4v) is 1.40. The van der Waals surface area contributed by atoms with Crippen LogP contribution in [0, 0.1) is 5.41 Å². The fourth-order valence-electron chi connectivity index (χ4n) is 0.993.